The lowest BCUT2D eigenvalue weighted by Crippen LogP contribution is -2.70. The minimum atomic E-state index is -0.983. The van der Waals surface area contributed by atoms with E-state index in [4.69, 9.17) is 0 Å². The zero-order chi connectivity index (χ0) is 19.6. The summed E-state index contributed by atoms with van der Waals surface area (Å²) in [5.74, 6) is -0.129. The molecule has 0 bridgehead atoms. The number of hydrogen-bond donors (Lipinski definition) is 1. The third-order valence-electron chi connectivity index (χ3n) is 5.59. The summed E-state index contributed by atoms with van der Waals surface area (Å²) in [5.41, 5.74) is 0.757. The van der Waals surface area contributed by atoms with Crippen LogP contribution in [0.4, 0.5) is 5.69 Å². The fourth-order valence-electron chi connectivity index (χ4n) is 4.05. The molecule has 1 atom stereocenters. The van der Waals surface area contributed by atoms with Gasteiger partial charge in [-0.2, -0.15) is 0 Å². The van der Waals surface area contributed by atoms with Crippen molar-refractivity contribution >= 4 is 39.5 Å². The Morgan fingerprint density at radius 3 is 2.39 bits per heavy atom. The van der Waals surface area contributed by atoms with E-state index in [0.717, 1.165) is 41.4 Å². The van der Waals surface area contributed by atoms with Crippen molar-refractivity contribution in [3.05, 3.63) is 70.7 Å². The molecule has 2 aliphatic rings. The first-order chi connectivity index (χ1) is 13.6. The number of nitrogens with one attached hydrogen (secondary N) is 1. The predicted octanol–water partition coefficient (Wildman–Crippen LogP) is 4.70. The molecule has 2 aromatic carbocycles. The fourth-order valence-corrected chi connectivity index (χ4v) is 4.32. The van der Waals surface area contributed by atoms with E-state index in [1.165, 1.54) is 0 Å². The van der Waals surface area contributed by atoms with Crippen molar-refractivity contribution in [1.29, 1.82) is 0 Å². The van der Waals surface area contributed by atoms with Crippen molar-refractivity contribution in [2.24, 2.45) is 0 Å². The van der Waals surface area contributed by atoms with Crippen LogP contribution in [0, 0.1) is 0 Å². The lowest BCUT2D eigenvalue weighted by Gasteiger charge is -2.49. The van der Waals surface area contributed by atoms with E-state index in [1.54, 1.807) is 4.90 Å². The van der Waals surface area contributed by atoms with Crippen LogP contribution in [-0.4, -0.2) is 23.4 Å². The van der Waals surface area contributed by atoms with Gasteiger partial charge in [-0.15, -0.1) is 0 Å². The van der Waals surface area contributed by atoms with Gasteiger partial charge in [0.15, 0.2) is 5.54 Å². The summed E-state index contributed by atoms with van der Waals surface area (Å²) in [7, 11) is 0. The van der Waals surface area contributed by atoms with Crippen LogP contribution in [0.25, 0.3) is 6.08 Å². The number of rotatable bonds is 5. The molecule has 1 saturated carbocycles. The average molecular weight is 439 g/mol. The van der Waals surface area contributed by atoms with Gasteiger partial charge in [0, 0.05) is 16.2 Å². The molecule has 1 N–H and O–H groups in total. The SMILES string of the molecule is O=C1CC(C=Cc2ccccc2)(C(=O)NC2CCCC2)N1c1ccc(Br)cc1. The van der Waals surface area contributed by atoms with Crippen molar-refractivity contribution in [1.82, 2.24) is 5.32 Å². The summed E-state index contributed by atoms with van der Waals surface area (Å²) in [6.07, 6.45) is 8.32. The summed E-state index contributed by atoms with van der Waals surface area (Å²) in [4.78, 5) is 27.6. The van der Waals surface area contributed by atoms with Gasteiger partial charge in [0.1, 0.15) is 0 Å². The second-order valence-electron chi connectivity index (χ2n) is 7.51. The first kappa shape index (κ1) is 18.9. The van der Waals surface area contributed by atoms with Crippen molar-refractivity contribution < 1.29 is 9.59 Å². The van der Waals surface area contributed by atoms with Gasteiger partial charge in [-0.05, 0) is 48.7 Å². The van der Waals surface area contributed by atoms with Gasteiger partial charge in [0.05, 0.1) is 6.42 Å². The number of benzene rings is 2. The summed E-state index contributed by atoms with van der Waals surface area (Å²) in [6.45, 7) is 0. The maximum absolute atomic E-state index is 13.4. The molecule has 1 unspecified atom stereocenters. The smallest absolute Gasteiger partial charge is 0.251 e. The Labute approximate surface area is 173 Å². The van der Waals surface area contributed by atoms with E-state index in [9.17, 15) is 9.59 Å². The van der Waals surface area contributed by atoms with Gasteiger partial charge >= 0.3 is 0 Å². The van der Waals surface area contributed by atoms with E-state index < -0.39 is 5.54 Å². The summed E-state index contributed by atoms with van der Waals surface area (Å²) >= 11 is 3.43. The minimum Gasteiger partial charge on any atom is -0.351 e. The topological polar surface area (TPSA) is 49.4 Å². The zero-order valence-corrected chi connectivity index (χ0v) is 17.2. The van der Waals surface area contributed by atoms with Crippen molar-refractivity contribution in [3.8, 4) is 0 Å². The number of β-lactam (4-membered cyclic amide) rings is 1. The molecule has 1 aliphatic heterocycles. The summed E-state index contributed by atoms with van der Waals surface area (Å²) in [5, 5.41) is 3.20. The van der Waals surface area contributed by atoms with Gasteiger partial charge < -0.3 is 5.32 Å². The Bertz CT molecular complexity index is 889. The number of hydrogen-bond acceptors (Lipinski definition) is 2. The van der Waals surface area contributed by atoms with Crippen LogP contribution < -0.4 is 10.2 Å². The van der Waals surface area contributed by atoms with Crippen molar-refractivity contribution in [3.63, 3.8) is 0 Å². The molecular formula is C23H23BrN2O2. The highest BCUT2D eigenvalue weighted by molar-refractivity contribution is 9.10. The number of amides is 2. The molecule has 2 fully saturated rings. The Morgan fingerprint density at radius 2 is 1.75 bits per heavy atom. The quantitative estimate of drug-likeness (QED) is 0.687. The number of anilines is 1. The lowest BCUT2D eigenvalue weighted by atomic mass is 9.80. The highest BCUT2D eigenvalue weighted by Gasteiger charge is 2.55. The maximum atomic E-state index is 13.4. The number of carbonyl (C=O) groups excluding carboxylic acids is 2. The first-order valence-corrected chi connectivity index (χ1v) is 10.5. The Morgan fingerprint density at radius 1 is 1.07 bits per heavy atom. The predicted molar refractivity (Wildman–Crippen MR) is 115 cm³/mol. The summed E-state index contributed by atoms with van der Waals surface area (Å²) in [6, 6.07) is 17.6. The van der Waals surface area contributed by atoms with Crippen molar-refractivity contribution in [2.75, 3.05) is 4.90 Å². The van der Waals surface area contributed by atoms with Crippen LogP contribution in [0.3, 0.4) is 0 Å². The standard InChI is InChI=1S/C23H23BrN2O2/c24-18-10-12-20(13-11-18)26-21(27)16-23(26,15-14-17-6-2-1-3-7-17)22(28)25-19-8-4-5-9-19/h1-3,6-7,10-15,19H,4-5,8-9,16H2,(H,25,28). The van der Waals surface area contributed by atoms with E-state index in [2.05, 4.69) is 21.2 Å². The van der Waals surface area contributed by atoms with E-state index in [0.29, 0.717) is 0 Å². The Kier molecular flexibility index (Phi) is 5.36. The molecular weight excluding hydrogens is 416 g/mol. The largest absolute Gasteiger partial charge is 0.351 e. The fraction of sp³-hybridized carbons (Fsp3) is 0.304. The van der Waals surface area contributed by atoms with Crippen LogP contribution in [0.1, 0.15) is 37.7 Å². The van der Waals surface area contributed by atoms with Gasteiger partial charge in [-0.3, -0.25) is 14.5 Å². The van der Waals surface area contributed by atoms with Crippen LogP contribution in [0.5, 0.6) is 0 Å². The molecule has 5 heteroatoms. The Balaban J connectivity index is 1.68. The molecule has 1 saturated heterocycles. The number of halogens is 1. The monoisotopic (exact) mass is 438 g/mol. The molecule has 2 amide bonds. The first-order valence-electron chi connectivity index (χ1n) is 9.72. The highest BCUT2D eigenvalue weighted by Crippen LogP contribution is 2.40. The molecule has 2 aromatic rings. The van der Waals surface area contributed by atoms with Gasteiger partial charge in [-0.25, -0.2) is 0 Å². The van der Waals surface area contributed by atoms with Gasteiger partial charge in [0.25, 0.3) is 5.91 Å². The van der Waals surface area contributed by atoms with E-state index in [1.807, 2.05) is 66.7 Å². The third-order valence-corrected chi connectivity index (χ3v) is 6.12. The molecule has 1 heterocycles. The molecule has 1 aliphatic carbocycles. The molecule has 0 radical (unpaired) electrons. The molecule has 144 valence electrons. The number of nitrogens with zero attached hydrogens (tertiary/aromatic N) is 1. The van der Waals surface area contributed by atoms with Crippen LogP contribution >= 0.6 is 15.9 Å². The van der Waals surface area contributed by atoms with Crippen LogP contribution in [0.15, 0.2) is 65.1 Å². The van der Waals surface area contributed by atoms with Crippen LogP contribution in [0.2, 0.25) is 0 Å². The molecule has 0 aromatic heterocycles. The van der Waals surface area contributed by atoms with Crippen LogP contribution in [-0.2, 0) is 9.59 Å². The zero-order valence-electron chi connectivity index (χ0n) is 15.6. The normalized spacial score (nSPS) is 22.5. The lowest BCUT2D eigenvalue weighted by molar-refractivity contribution is -0.137. The van der Waals surface area contributed by atoms with E-state index in [-0.39, 0.29) is 24.3 Å². The average Bonchev–Trinajstić information content (AvgIpc) is 3.20. The van der Waals surface area contributed by atoms with Gasteiger partial charge in [0.2, 0.25) is 5.91 Å². The second-order valence-corrected chi connectivity index (χ2v) is 8.42. The second kappa shape index (κ2) is 7.92. The molecule has 4 nitrogen and oxygen atoms in total. The Hall–Kier alpha value is -2.40. The molecule has 4 rings (SSSR count). The summed E-state index contributed by atoms with van der Waals surface area (Å²) < 4.78 is 0.935. The molecule has 28 heavy (non-hydrogen) atoms. The van der Waals surface area contributed by atoms with Gasteiger partial charge in [-0.1, -0.05) is 65.2 Å². The highest BCUT2D eigenvalue weighted by atomic mass is 79.9. The number of carbonyl (C=O) groups is 2. The minimum absolute atomic E-state index is 0.0402. The van der Waals surface area contributed by atoms with Crippen molar-refractivity contribution in [2.45, 2.75) is 43.7 Å². The molecule has 0 spiro atoms. The van der Waals surface area contributed by atoms with E-state index >= 15 is 0 Å². The third kappa shape index (κ3) is 3.63. The maximum Gasteiger partial charge on any atom is 0.251 e.